The average Bonchev–Trinajstić information content (AvgIpc) is 2.47. The van der Waals surface area contributed by atoms with E-state index in [1.165, 1.54) is 0 Å². The van der Waals surface area contributed by atoms with Crippen molar-refractivity contribution in [2.45, 2.75) is 0 Å². The number of halogens is 1. The van der Waals surface area contributed by atoms with Gasteiger partial charge in [0.15, 0.2) is 0 Å². The largest absolute Gasteiger partial charge is 0.456 e. The van der Waals surface area contributed by atoms with Crippen molar-refractivity contribution in [2.75, 3.05) is 0 Å². The molecule has 0 aliphatic rings. The molecule has 0 aliphatic carbocycles. The van der Waals surface area contributed by atoms with Crippen molar-refractivity contribution >= 4 is 44.0 Å². The molecule has 0 fully saturated rings. The number of nitrogens with zero attached hydrogens (tertiary/aromatic N) is 1. The summed E-state index contributed by atoms with van der Waals surface area (Å²) in [5.41, 5.74) is 7.33. The van der Waals surface area contributed by atoms with E-state index in [0.717, 1.165) is 21.1 Å². The molecule has 0 aliphatic heterocycles. The van der Waals surface area contributed by atoms with Gasteiger partial charge in [0, 0.05) is 16.1 Å². The summed E-state index contributed by atoms with van der Waals surface area (Å²) in [5, 5.41) is 0.939. The van der Waals surface area contributed by atoms with E-state index in [2.05, 4.69) is 20.9 Å². The van der Waals surface area contributed by atoms with Crippen molar-refractivity contribution in [1.82, 2.24) is 4.98 Å². The molecule has 21 heavy (non-hydrogen) atoms. The van der Waals surface area contributed by atoms with Crippen molar-refractivity contribution in [3.63, 3.8) is 0 Å². The molecule has 1 heterocycles. The fraction of sp³-hybridized carbons (Fsp3) is 0. The van der Waals surface area contributed by atoms with Gasteiger partial charge >= 0.3 is 0 Å². The van der Waals surface area contributed by atoms with Crippen LogP contribution in [-0.4, -0.2) is 9.97 Å². The van der Waals surface area contributed by atoms with Gasteiger partial charge in [0.1, 0.15) is 16.5 Å². The molecule has 0 bridgehead atoms. The number of nitrogens with two attached hydrogens (primary N) is 1. The van der Waals surface area contributed by atoms with E-state index in [-0.39, 0.29) is 0 Å². The number of aromatic nitrogens is 1. The van der Waals surface area contributed by atoms with Gasteiger partial charge in [-0.15, -0.1) is 0 Å². The summed E-state index contributed by atoms with van der Waals surface area (Å²) in [6.07, 6.45) is 1.76. The van der Waals surface area contributed by atoms with Gasteiger partial charge in [-0.05, 0) is 42.5 Å². The van der Waals surface area contributed by atoms with Crippen LogP contribution >= 0.6 is 28.1 Å². The van der Waals surface area contributed by atoms with Crippen LogP contribution in [0.15, 0.2) is 59.2 Å². The van der Waals surface area contributed by atoms with Crippen LogP contribution in [0.3, 0.4) is 0 Å². The number of rotatable bonds is 3. The van der Waals surface area contributed by atoms with E-state index < -0.39 is 0 Å². The highest BCUT2D eigenvalue weighted by Gasteiger charge is 2.10. The lowest BCUT2D eigenvalue weighted by Crippen LogP contribution is -2.10. The number of hydrogen-bond donors (Lipinski definition) is 1. The second-order valence-corrected chi connectivity index (χ2v) is 5.79. The Morgan fingerprint density at radius 3 is 2.76 bits per heavy atom. The number of benzene rings is 2. The lowest BCUT2D eigenvalue weighted by molar-refractivity contribution is 0.487. The number of ether oxygens (including phenoxy) is 1. The van der Waals surface area contributed by atoms with Crippen LogP contribution in [0, 0.1) is 0 Å². The predicted molar refractivity (Wildman–Crippen MR) is 91.8 cm³/mol. The predicted octanol–water partition coefficient (Wildman–Crippen LogP) is 4.42. The minimum absolute atomic E-state index is 0.302. The Morgan fingerprint density at radius 2 is 1.95 bits per heavy atom. The molecule has 2 N–H and O–H groups in total. The van der Waals surface area contributed by atoms with Gasteiger partial charge in [-0.3, -0.25) is 4.98 Å². The highest BCUT2D eigenvalue weighted by molar-refractivity contribution is 9.10. The maximum atomic E-state index is 6.03. The topological polar surface area (TPSA) is 48.1 Å². The third-order valence-electron chi connectivity index (χ3n) is 3.03. The number of pyridine rings is 1. The zero-order valence-electron chi connectivity index (χ0n) is 10.9. The Hall–Kier alpha value is -1.98. The van der Waals surface area contributed by atoms with Crippen molar-refractivity contribution in [2.24, 2.45) is 5.73 Å². The van der Waals surface area contributed by atoms with Gasteiger partial charge in [0.05, 0.1) is 11.1 Å². The zero-order chi connectivity index (χ0) is 14.8. The molecular weight excluding hydrogens is 348 g/mol. The van der Waals surface area contributed by atoms with Crippen LogP contribution in [-0.2, 0) is 0 Å². The molecule has 3 nitrogen and oxygen atoms in total. The number of fused-ring (bicyclic) bond motifs is 1. The monoisotopic (exact) mass is 358 g/mol. The Bertz CT molecular complexity index is 830. The molecule has 0 radical (unpaired) electrons. The fourth-order valence-electron chi connectivity index (χ4n) is 2.07. The van der Waals surface area contributed by atoms with Crippen molar-refractivity contribution < 1.29 is 4.74 Å². The van der Waals surface area contributed by atoms with Gasteiger partial charge < -0.3 is 10.5 Å². The summed E-state index contributed by atoms with van der Waals surface area (Å²) in [6, 6.07) is 15.2. The fourth-order valence-corrected chi connectivity index (χ4v) is 2.58. The summed E-state index contributed by atoms with van der Waals surface area (Å²) >= 11 is 8.51. The minimum Gasteiger partial charge on any atom is -0.456 e. The van der Waals surface area contributed by atoms with Crippen LogP contribution in [0.1, 0.15) is 5.56 Å². The first kappa shape index (κ1) is 14.0. The first-order valence-electron chi connectivity index (χ1n) is 6.26. The summed E-state index contributed by atoms with van der Waals surface area (Å²) in [7, 11) is 0. The van der Waals surface area contributed by atoms with E-state index in [4.69, 9.17) is 22.7 Å². The highest BCUT2D eigenvalue weighted by atomic mass is 79.9. The second-order valence-electron chi connectivity index (χ2n) is 4.43. The van der Waals surface area contributed by atoms with E-state index in [1.807, 2.05) is 48.5 Å². The summed E-state index contributed by atoms with van der Waals surface area (Å²) in [5.74, 6) is 1.34. The third-order valence-corrected chi connectivity index (χ3v) is 3.75. The summed E-state index contributed by atoms with van der Waals surface area (Å²) < 4.78 is 6.93. The Labute approximate surface area is 135 Å². The van der Waals surface area contributed by atoms with Crippen LogP contribution < -0.4 is 10.5 Å². The standard InChI is InChI=1S/C16H11BrN2OS/c17-10-6-7-12(16(18)21)15(9-10)20-14-5-1-4-13-11(14)3-2-8-19-13/h1-9H,(H2,18,21). The van der Waals surface area contributed by atoms with Gasteiger partial charge in [-0.2, -0.15) is 0 Å². The zero-order valence-corrected chi connectivity index (χ0v) is 13.3. The van der Waals surface area contributed by atoms with Crippen molar-refractivity contribution in [1.29, 1.82) is 0 Å². The summed E-state index contributed by atoms with van der Waals surface area (Å²) in [4.78, 5) is 4.62. The first-order chi connectivity index (χ1) is 10.1. The lowest BCUT2D eigenvalue weighted by atomic mass is 10.2. The van der Waals surface area contributed by atoms with E-state index in [9.17, 15) is 0 Å². The SMILES string of the molecule is NC(=S)c1ccc(Br)cc1Oc1cccc2ncccc12. The molecule has 0 saturated heterocycles. The van der Waals surface area contributed by atoms with E-state index in [1.54, 1.807) is 6.20 Å². The van der Waals surface area contributed by atoms with Gasteiger partial charge in [-0.25, -0.2) is 0 Å². The second kappa shape index (κ2) is 5.79. The number of thiocarbonyl (C=S) groups is 1. The Balaban J connectivity index is 2.11. The number of hydrogen-bond acceptors (Lipinski definition) is 3. The molecule has 2 aromatic carbocycles. The normalized spacial score (nSPS) is 10.5. The van der Waals surface area contributed by atoms with Gasteiger partial charge in [-0.1, -0.05) is 34.2 Å². The molecular formula is C16H11BrN2OS. The summed E-state index contributed by atoms with van der Waals surface area (Å²) in [6.45, 7) is 0. The molecule has 0 spiro atoms. The first-order valence-corrected chi connectivity index (χ1v) is 7.46. The molecule has 104 valence electrons. The average molecular weight is 359 g/mol. The molecule has 0 saturated carbocycles. The van der Waals surface area contributed by atoms with E-state index >= 15 is 0 Å². The van der Waals surface area contributed by atoms with Crippen LogP contribution in [0.2, 0.25) is 0 Å². The maximum Gasteiger partial charge on any atom is 0.138 e. The van der Waals surface area contributed by atoms with E-state index in [0.29, 0.717) is 16.3 Å². The molecule has 0 unspecified atom stereocenters. The smallest absolute Gasteiger partial charge is 0.138 e. The Kier molecular flexibility index (Phi) is 3.86. The van der Waals surface area contributed by atoms with Crippen molar-refractivity contribution in [3.05, 3.63) is 64.8 Å². The Morgan fingerprint density at radius 1 is 1.10 bits per heavy atom. The van der Waals surface area contributed by atoms with Gasteiger partial charge in [0.2, 0.25) is 0 Å². The molecule has 5 heteroatoms. The highest BCUT2D eigenvalue weighted by Crippen LogP contribution is 2.32. The van der Waals surface area contributed by atoms with Crippen LogP contribution in [0.5, 0.6) is 11.5 Å². The molecule has 3 rings (SSSR count). The maximum absolute atomic E-state index is 6.03. The molecule has 3 aromatic rings. The molecule has 0 amide bonds. The van der Waals surface area contributed by atoms with Crippen LogP contribution in [0.25, 0.3) is 10.9 Å². The quantitative estimate of drug-likeness (QED) is 0.703. The molecule has 1 aromatic heterocycles. The van der Waals surface area contributed by atoms with Crippen LogP contribution in [0.4, 0.5) is 0 Å². The molecule has 0 atom stereocenters. The minimum atomic E-state index is 0.302. The third kappa shape index (κ3) is 2.89. The van der Waals surface area contributed by atoms with Crippen molar-refractivity contribution in [3.8, 4) is 11.5 Å². The van der Waals surface area contributed by atoms with Gasteiger partial charge in [0.25, 0.3) is 0 Å². The lowest BCUT2D eigenvalue weighted by Gasteiger charge is -2.12.